The van der Waals surface area contributed by atoms with E-state index in [1.54, 1.807) is 19.9 Å². The monoisotopic (exact) mass is 343 g/mol. The van der Waals surface area contributed by atoms with E-state index in [9.17, 15) is 24.9 Å². The van der Waals surface area contributed by atoms with Crippen LogP contribution in [0.25, 0.3) is 0 Å². The SMILES string of the molecule is CCCCCCC=CC(CC(=O)N(CC(C)O)CC(C)O)C(=O)O. The van der Waals surface area contributed by atoms with Crippen LogP contribution in [0.15, 0.2) is 12.2 Å². The number of amides is 1. The van der Waals surface area contributed by atoms with Crippen LogP contribution in [0.4, 0.5) is 0 Å². The van der Waals surface area contributed by atoms with Gasteiger partial charge in [-0.05, 0) is 26.7 Å². The Morgan fingerprint density at radius 1 is 1.04 bits per heavy atom. The third-order valence-corrected chi connectivity index (χ3v) is 3.63. The fourth-order valence-electron chi connectivity index (χ4n) is 2.42. The molecule has 0 radical (unpaired) electrons. The molecule has 0 spiro atoms. The van der Waals surface area contributed by atoms with E-state index < -0.39 is 24.1 Å². The molecule has 24 heavy (non-hydrogen) atoms. The molecule has 0 bridgehead atoms. The van der Waals surface area contributed by atoms with Crippen molar-refractivity contribution in [2.45, 2.75) is 71.5 Å². The average molecular weight is 343 g/mol. The van der Waals surface area contributed by atoms with Gasteiger partial charge in [0.25, 0.3) is 0 Å². The number of aliphatic hydroxyl groups excluding tert-OH is 2. The second kappa shape index (κ2) is 13.0. The van der Waals surface area contributed by atoms with Gasteiger partial charge in [-0.15, -0.1) is 0 Å². The molecular formula is C18H33NO5. The van der Waals surface area contributed by atoms with Crippen molar-refractivity contribution in [3.63, 3.8) is 0 Å². The molecule has 0 saturated heterocycles. The molecule has 0 fully saturated rings. The fraction of sp³-hybridized carbons (Fsp3) is 0.778. The van der Waals surface area contributed by atoms with E-state index in [1.807, 2.05) is 6.08 Å². The van der Waals surface area contributed by atoms with Crippen molar-refractivity contribution in [1.82, 2.24) is 4.90 Å². The smallest absolute Gasteiger partial charge is 0.310 e. The topological polar surface area (TPSA) is 98.1 Å². The van der Waals surface area contributed by atoms with Gasteiger partial charge in [0, 0.05) is 19.5 Å². The van der Waals surface area contributed by atoms with Crippen molar-refractivity contribution in [2.75, 3.05) is 13.1 Å². The van der Waals surface area contributed by atoms with Gasteiger partial charge < -0.3 is 20.2 Å². The molecule has 0 saturated carbocycles. The lowest BCUT2D eigenvalue weighted by atomic mass is 10.0. The van der Waals surface area contributed by atoms with Gasteiger partial charge in [-0.1, -0.05) is 38.3 Å². The molecule has 1 amide bonds. The number of rotatable bonds is 13. The van der Waals surface area contributed by atoms with E-state index in [2.05, 4.69) is 6.92 Å². The molecule has 0 aliphatic rings. The summed E-state index contributed by atoms with van der Waals surface area (Å²) in [6.07, 6.45) is 7.04. The molecule has 0 heterocycles. The number of nitrogens with zero attached hydrogens (tertiary/aromatic N) is 1. The van der Waals surface area contributed by atoms with E-state index in [1.165, 1.54) is 11.3 Å². The highest BCUT2D eigenvalue weighted by molar-refractivity contribution is 5.83. The molecule has 140 valence electrons. The Balaban J connectivity index is 4.62. The van der Waals surface area contributed by atoms with Crippen molar-refractivity contribution in [3.8, 4) is 0 Å². The average Bonchev–Trinajstić information content (AvgIpc) is 2.47. The number of carboxylic acid groups (broad SMARTS) is 1. The van der Waals surface area contributed by atoms with E-state index in [-0.39, 0.29) is 25.4 Å². The Labute approximate surface area is 145 Å². The van der Waals surface area contributed by atoms with Crippen molar-refractivity contribution in [1.29, 1.82) is 0 Å². The zero-order valence-corrected chi connectivity index (χ0v) is 15.1. The molecule has 0 aliphatic heterocycles. The van der Waals surface area contributed by atoms with Crippen LogP contribution in [0.1, 0.15) is 59.3 Å². The van der Waals surface area contributed by atoms with Crippen LogP contribution in [0.3, 0.4) is 0 Å². The molecule has 3 atom stereocenters. The normalized spacial score (nSPS) is 15.2. The molecule has 0 aromatic carbocycles. The summed E-state index contributed by atoms with van der Waals surface area (Å²) in [5.74, 6) is -2.30. The summed E-state index contributed by atoms with van der Waals surface area (Å²) in [5, 5.41) is 28.2. The summed E-state index contributed by atoms with van der Waals surface area (Å²) in [5.41, 5.74) is 0. The van der Waals surface area contributed by atoms with Crippen LogP contribution in [-0.2, 0) is 9.59 Å². The van der Waals surface area contributed by atoms with Crippen molar-refractivity contribution < 1.29 is 24.9 Å². The fourth-order valence-corrected chi connectivity index (χ4v) is 2.42. The predicted octanol–water partition coefficient (Wildman–Crippen LogP) is 2.19. The first-order valence-corrected chi connectivity index (χ1v) is 8.81. The Kier molecular flexibility index (Phi) is 12.2. The quantitative estimate of drug-likeness (QED) is 0.352. The van der Waals surface area contributed by atoms with Gasteiger partial charge in [-0.2, -0.15) is 0 Å². The minimum Gasteiger partial charge on any atom is -0.481 e. The van der Waals surface area contributed by atoms with E-state index in [0.717, 1.165) is 25.7 Å². The van der Waals surface area contributed by atoms with E-state index in [0.29, 0.717) is 0 Å². The summed E-state index contributed by atoms with van der Waals surface area (Å²) in [4.78, 5) is 25.0. The number of aliphatic hydroxyl groups is 2. The van der Waals surface area contributed by atoms with Gasteiger partial charge in [0.15, 0.2) is 0 Å². The van der Waals surface area contributed by atoms with Crippen LogP contribution >= 0.6 is 0 Å². The minimum absolute atomic E-state index is 0.0802. The minimum atomic E-state index is -1.04. The van der Waals surface area contributed by atoms with Crippen LogP contribution in [0.2, 0.25) is 0 Å². The Morgan fingerprint density at radius 3 is 2.08 bits per heavy atom. The molecule has 6 nitrogen and oxygen atoms in total. The summed E-state index contributed by atoms with van der Waals surface area (Å²) < 4.78 is 0. The van der Waals surface area contributed by atoms with Crippen LogP contribution in [-0.4, -0.2) is 57.4 Å². The molecule has 0 aromatic heterocycles. The van der Waals surface area contributed by atoms with Crippen LogP contribution in [0.5, 0.6) is 0 Å². The third-order valence-electron chi connectivity index (χ3n) is 3.63. The number of carbonyl (C=O) groups excluding carboxylic acids is 1. The van der Waals surface area contributed by atoms with Gasteiger partial charge in [-0.3, -0.25) is 9.59 Å². The number of carbonyl (C=O) groups is 2. The van der Waals surface area contributed by atoms with Crippen LogP contribution < -0.4 is 0 Å². The summed E-state index contributed by atoms with van der Waals surface area (Å²) in [6, 6.07) is 0. The number of hydrogen-bond acceptors (Lipinski definition) is 4. The first-order valence-electron chi connectivity index (χ1n) is 8.81. The summed E-state index contributed by atoms with van der Waals surface area (Å²) in [7, 11) is 0. The number of unbranched alkanes of at least 4 members (excludes halogenated alkanes) is 4. The molecule has 6 heteroatoms. The van der Waals surface area contributed by atoms with Gasteiger partial charge in [0.05, 0.1) is 18.1 Å². The molecular weight excluding hydrogens is 310 g/mol. The Hall–Kier alpha value is -1.40. The van der Waals surface area contributed by atoms with E-state index >= 15 is 0 Å². The summed E-state index contributed by atoms with van der Waals surface area (Å²) in [6.45, 7) is 5.39. The highest BCUT2D eigenvalue weighted by Gasteiger charge is 2.24. The van der Waals surface area contributed by atoms with E-state index in [4.69, 9.17) is 0 Å². The predicted molar refractivity (Wildman–Crippen MR) is 93.6 cm³/mol. The molecule has 0 aromatic rings. The van der Waals surface area contributed by atoms with Crippen LogP contribution in [0, 0.1) is 5.92 Å². The molecule has 0 aliphatic carbocycles. The highest BCUT2D eigenvalue weighted by atomic mass is 16.4. The Morgan fingerprint density at radius 2 is 1.62 bits per heavy atom. The molecule has 3 unspecified atom stereocenters. The second-order valence-electron chi connectivity index (χ2n) is 6.42. The van der Waals surface area contributed by atoms with Crippen molar-refractivity contribution >= 4 is 11.9 Å². The lowest BCUT2D eigenvalue weighted by molar-refractivity contribution is -0.144. The first kappa shape index (κ1) is 22.6. The lowest BCUT2D eigenvalue weighted by Crippen LogP contribution is -2.41. The first-order chi connectivity index (χ1) is 11.3. The third kappa shape index (κ3) is 11.2. The largest absolute Gasteiger partial charge is 0.481 e. The second-order valence-corrected chi connectivity index (χ2v) is 6.42. The van der Waals surface area contributed by atoms with Crippen molar-refractivity contribution in [2.24, 2.45) is 5.92 Å². The van der Waals surface area contributed by atoms with Gasteiger partial charge in [0.1, 0.15) is 0 Å². The maximum absolute atomic E-state index is 12.3. The Bertz CT molecular complexity index is 383. The number of allylic oxidation sites excluding steroid dienone is 1. The lowest BCUT2D eigenvalue weighted by Gasteiger charge is -2.26. The molecule has 3 N–H and O–H groups in total. The standard InChI is InChI=1S/C18H33NO5/c1-4-5-6-7-8-9-10-16(18(23)24)11-17(22)19(12-14(2)20)13-15(3)21/h9-10,14-16,20-21H,4-8,11-13H2,1-3H3,(H,23,24). The number of aliphatic carboxylic acids is 1. The maximum atomic E-state index is 12.3. The van der Waals surface area contributed by atoms with Gasteiger partial charge >= 0.3 is 5.97 Å². The summed E-state index contributed by atoms with van der Waals surface area (Å²) >= 11 is 0. The van der Waals surface area contributed by atoms with Gasteiger partial charge in [-0.25, -0.2) is 0 Å². The zero-order chi connectivity index (χ0) is 18.5. The molecule has 0 rings (SSSR count). The highest BCUT2D eigenvalue weighted by Crippen LogP contribution is 2.12. The zero-order valence-electron chi connectivity index (χ0n) is 15.1. The maximum Gasteiger partial charge on any atom is 0.310 e. The van der Waals surface area contributed by atoms with Crippen molar-refractivity contribution in [3.05, 3.63) is 12.2 Å². The van der Waals surface area contributed by atoms with Gasteiger partial charge in [0.2, 0.25) is 5.91 Å². The number of carboxylic acids is 1. The number of hydrogen-bond donors (Lipinski definition) is 3.